The van der Waals surface area contributed by atoms with Gasteiger partial charge in [0.25, 0.3) is 5.56 Å². The summed E-state index contributed by atoms with van der Waals surface area (Å²) >= 11 is 0. The van der Waals surface area contributed by atoms with E-state index in [2.05, 4.69) is 4.98 Å². The zero-order valence-corrected chi connectivity index (χ0v) is 15.6. The van der Waals surface area contributed by atoms with Crippen LogP contribution < -0.4 is 11.4 Å². The predicted molar refractivity (Wildman–Crippen MR) is 102 cm³/mol. The number of nitrogen functional groups attached to an aromatic ring is 1. The summed E-state index contributed by atoms with van der Waals surface area (Å²) in [6.45, 7) is -0.687. The van der Waals surface area contributed by atoms with Gasteiger partial charge >= 0.3 is 13.6 Å². The Morgan fingerprint density at radius 3 is 2.57 bits per heavy atom. The van der Waals surface area contributed by atoms with Gasteiger partial charge in [0.2, 0.25) is 6.79 Å². The number of aromatic nitrogens is 2. The molecule has 0 aliphatic carbocycles. The van der Waals surface area contributed by atoms with Crippen LogP contribution in [0.3, 0.4) is 0 Å². The number of esters is 1. The van der Waals surface area contributed by atoms with Crippen molar-refractivity contribution >= 4 is 24.6 Å². The molecule has 0 radical (unpaired) electrons. The lowest BCUT2D eigenvalue weighted by Crippen LogP contribution is -2.31. The normalized spacial score (nSPS) is 13.2. The Kier molecular flexibility index (Phi) is 5.89. The first kappa shape index (κ1) is 19.8. The fourth-order valence-electron chi connectivity index (χ4n) is 2.50. The molecule has 0 bridgehead atoms. The van der Waals surface area contributed by atoms with Gasteiger partial charge in [0.15, 0.2) is 0 Å². The summed E-state index contributed by atoms with van der Waals surface area (Å²) in [7, 11) is -4.11. The van der Waals surface area contributed by atoms with Gasteiger partial charge in [-0.1, -0.05) is 30.3 Å². The number of rotatable bonds is 7. The highest BCUT2D eigenvalue weighted by atomic mass is 31.2. The summed E-state index contributed by atoms with van der Waals surface area (Å²) in [4.78, 5) is 38.1. The van der Waals surface area contributed by atoms with Gasteiger partial charge in [0.1, 0.15) is 5.69 Å². The molecule has 1 aromatic heterocycles. The predicted octanol–water partition coefficient (Wildman–Crippen LogP) is 1.67. The molecule has 9 nitrogen and oxygen atoms in total. The first-order chi connectivity index (χ1) is 13.4. The smallest absolute Gasteiger partial charge is 0.340 e. The summed E-state index contributed by atoms with van der Waals surface area (Å²) < 4.78 is 22.7. The number of hydrogen-bond acceptors (Lipinski definition) is 7. The second-order valence-electron chi connectivity index (χ2n) is 5.88. The minimum Gasteiger partial charge on any atom is -0.434 e. The molecule has 2 aromatic carbocycles. The number of benzene rings is 2. The van der Waals surface area contributed by atoms with E-state index in [1.807, 2.05) is 0 Å². The number of carbonyl (C=O) groups is 1. The lowest BCUT2D eigenvalue weighted by molar-refractivity contribution is 0.0126. The fraction of sp³-hybridized carbons (Fsp3) is 0.167. The van der Waals surface area contributed by atoms with Crippen LogP contribution in [0.15, 0.2) is 59.4 Å². The molecule has 0 saturated heterocycles. The van der Waals surface area contributed by atoms with Crippen LogP contribution >= 0.6 is 7.60 Å². The molecule has 3 rings (SSSR count). The Bertz CT molecular complexity index is 1100. The highest BCUT2D eigenvalue weighted by Crippen LogP contribution is 2.42. The molecular formula is C18H18N3O6P. The lowest BCUT2D eigenvalue weighted by Gasteiger charge is -2.13. The Morgan fingerprint density at radius 2 is 1.82 bits per heavy atom. The number of para-hydroxylation sites is 2. The Morgan fingerprint density at radius 1 is 1.14 bits per heavy atom. The third-order valence-electron chi connectivity index (χ3n) is 3.95. The molecular weight excluding hydrogens is 385 g/mol. The van der Waals surface area contributed by atoms with Crippen LogP contribution in [0, 0.1) is 0 Å². The largest absolute Gasteiger partial charge is 0.434 e. The van der Waals surface area contributed by atoms with E-state index in [1.165, 1.54) is 0 Å². The maximum atomic E-state index is 12.3. The average Bonchev–Trinajstić information content (AvgIpc) is 2.70. The van der Waals surface area contributed by atoms with Gasteiger partial charge in [0, 0.05) is 6.42 Å². The number of ether oxygens (including phenoxy) is 1. The summed E-state index contributed by atoms with van der Waals surface area (Å²) in [6.07, 6.45) is -0.502. The van der Waals surface area contributed by atoms with E-state index in [1.54, 1.807) is 54.6 Å². The van der Waals surface area contributed by atoms with Gasteiger partial charge in [-0.05, 0) is 24.3 Å². The van der Waals surface area contributed by atoms with Crippen molar-refractivity contribution in [2.45, 2.75) is 6.42 Å². The van der Waals surface area contributed by atoms with Crippen molar-refractivity contribution in [3.63, 3.8) is 0 Å². The van der Waals surface area contributed by atoms with Crippen LogP contribution in [-0.4, -0.2) is 33.5 Å². The molecule has 0 aliphatic heterocycles. The van der Waals surface area contributed by atoms with Gasteiger partial charge in [-0.25, -0.2) is 14.5 Å². The molecule has 10 heteroatoms. The minimum atomic E-state index is -4.11. The zero-order valence-electron chi connectivity index (χ0n) is 14.7. The SMILES string of the molecule is Nn1c(=O)c(CCP(=O)(O)OCOC(=O)c2ccccc2)nc2ccccc21. The minimum absolute atomic E-state index is 0.0420. The Balaban J connectivity index is 1.60. The highest BCUT2D eigenvalue weighted by Gasteiger charge is 2.22. The van der Waals surface area contributed by atoms with E-state index >= 15 is 0 Å². The molecule has 3 aromatic rings. The second kappa shape index (κ2) is 8.35. The van der Waals surface area contributed by atoms with Crippen molar-refractivity contribution in [3.05, 3.63) is 76.2 Å². The van der Waals surface area contributed by atoms with E-state index in [0.29, 0.717) is 16.6 Å². The molecule has 0 spiro atoms. The fourth-order valence-corrected chi connectivity index (χ4v) is 3.34. The van der Waals surface area contributed by atoms with Crippen LogP contribution in [0.1, 0.15) is 16.1 Å². The second-order valence-corrected chi connectivity index (χ2v) is 7.86. The average molecular weight is 403 g/mol. The van der Waals surface area contributed by atoms with E-state index in [9.17, 15) is 19.0 Å². The van der Waals surface area contributed by atoms with Gasteiger partial charge in [-0.15, -0.1) is 0 Å². The van der Waals surface area contributed by atoms with E-state index in [4.69, 9.17) is 15.1 Å². The van der Waals surface area contributed by atoms with Crippen molar-refractivity contribution in [3.8, 4) is 0 Å². The van der Waals surface area contributed by atoms with Gasteiger partial charge in [-0.3, -0.25) is 13.9 Å². The Hall–Kier alpha value is -3.00. The number of fused-ring (bicyclic) bond motifs is 1. The van der Waals surface area contributed by atoms with Crippen LogP contribution in [0.5, 0.6) is 0 Å². The van der Waals surface area contributed by atoms with Gasteiger partial charge < -0.3 is 15.5 Å². The third kappa shape index (κ3) is 4.64. The molecule has 0 fully saturated rings. The maximum absolute atomic E-state index is 12.3. The number of nitrogens with zero attached hydrogens (tertiary/aromatic N) is 2. The molecule has 146 valence electrons. The first-order valence-corrected chi connectivity index (χ1v) is 10.1. The number of carbonyl (C=O) groups excluding carboxylic acids is 1. The van der Waals surface area contributed by atoms with E-state index in [0.717, 1.165) is 4.68 Å². The number of aryl methyl sites for hydroxylation is 1. The van der Waals surface area contributed by atoms with Crippen molar-refractivity contribution in [2.24, 2.45) is 0 Å². The zero-order chi connectivity index (χ0) is 20.1. The van der Waals surface area contributed by atoms with Crippen LogP contribution in [-0.2, 0) is 20.2 Å². The molecule has 3 N–H and O–H groups in total. The molecule has 0 aliphatic rings. The topological polar surface area (TPSA) is 134 Å². The van der Waals surface area contributed by atoms with Crippen LogP contribution in [0.4, 0.5) is 0 Å². The number of nitrogens with two attached hydrogens (primary N) is 1. The monoisotopic (exact) mass is 403 g/mol. The number of hydrogen-bond donors (Lipinski definition) is 2. The van der Waals surface area contributed by atoms with E-state index in [-0.39, 0.29) is 18.3 Å². The molecule has 28 heavy (non-hydrogen) atoms. The lowest BCUT2D eigenvalue weighted by atomic mass is 10.2. The summed E-state index contributed by atoms with van der Waals surface area (Å²) in [5.41, 5.74) is 0.717. The summed E-state index contributed by atoms with van der Waals surface area (Å²) in [6, 6.07) is 14.9. The van der Waals surface area contributed by atoms with Crippen molar-refractivity contribution < 1.29 is 23.5 Å². The van der Waals surface area contributed by atoms with Crippen molar-refractivity contribution in [2.75, 3.05) is 18.8 Å². The molecule has 1 heterocycles. The van der Waals surface area contributed by atoms with Crippen molar-refractivity contribution in [1.29, 1.82) is 0 Å². The maximum Gasteiger partial charge on any atom is 0.340 e. The highest BCUT2D eigenvalue weighted by molar-refractivity contribution is 7.52. The first-order valence-electron chi connectivity index (χ1n) is 8.32. The van der Waals surface area contributed by atoms with Gasteiger partial charge in [-0.2, -0.15) is 0 Å². The Labute approximate surface area is 159 Å². The van der Waals surface area contributed by atoms with Crippen LogP contribution in [0.2, 0.25) is 0 Å². The van der Waals surface area contributed by atoms with Crippen molar-refractivity contribution in [1.82, 2.24) is 9.66 Å². The molecule has 0 saturated carbocycles. The quantitative estimate of drug-likeness (QED) is 0.263. The third-order valence-corrected chi connectivity index (χ3v) is 5.25. The summed E-state index contributed by atoms with van der Waals surface area (Å²) in [5, 5.41) is 0. The van der Waals surface area contributed by atoms with Gasteiger partial charge in [0.05, 0.1) is 22.8 Å². The van der Waals surface area contributed by atoms with E-state index < -0.39 is 25.9 Å². The molecule has 1 atom stereocenters. The molecule has 1 unspecified atom stereocenters. The standard InChI is InChI=1S/C18H18N3O6P/c19-21-16-9-5-4-8-14(16)20-15(17(21)22)10-11-28(24,25)27-12-26-18(23)13-6-2-1-3-7-13/h1-9H,10-12,19H2,(H,24,25). The molecule has 0 amide bonds. The van der Waals surface area contributed by atoms with Crippen LogP contribution in [0.25, 0.3) is 11.0 Å². The summed E-state index contributed by atoms with van der Waals surface area (Å²) in [5.74, 6) is 5.09.